The third kappa shape index (κ3) is 4.46. The predicted octanol–water partition coefficient (Wildman–Crippen LogP) is 3.23. The predicted molar refractivity (Wildman–Crippen MR) is 98.0 cm³/mol. The molecule has 2 aromatic rings. The van der Waals surface area contributed by atoms with E-state index in [2.05, 4.69) is 14.8 Å². The number of thiophene rings is 1. The van der Waals surface area contributed by atoms with Crippen molar-refractivity contribution in [3.05, 3.63) is 56.5 Å². The Labute approximate surface area is 163 Å². The lowest BCUT2D eigenvalue weighted by Crippen LogP contribution is -2.17. The number of hydrogen-bond acceptors (Lipinski definition) is 8. The van der Waals surface area contributed by atoms with Crippen LogP contribution in [0.5, 0.6) is 0 Å². The first-order valence-electron chi connectivity index (χ1n) is 7.13. The van der Waals surface area contributed by atoms with Crippen molar-refractivity contribution in [3.8, 4) is 0 Å². The summed E-state index contributed by atoms with van der Waals surface area (Å²) in [5.41, 5.74) is 0.237. The van der Waals surface area contributed by atoms with Crippen molar-refractivity contribution in [2.75, 3.05) is 19.5 Å². The minimum absolute atomic E-state index is 0.181. The van der Waals surface area contributed by atoms with E-state index in [0.29, 0.717) is 0 Å². The zero-order chi connectivity index (χ0) is 20.2. The molecule has 2 rings (SSSR count). The maximum absolute atomic E-state index is 13.3. The summed E-state index contributed by atoms with van der Waals surface area (Å²) in [6.45, 7) is 0. The Hall–Kier alpha value is -2.43. The molecule has 0 radical (unpaired) electrons. The van der Waals surface area contributed by atoms with E-state index in [1.54, 1.807) is 5.38 Å². The molecule has 1 aromatic carbocycles. The highest BCUT2D eigenvalue weighted by atomic mass is 35.5. The number of hydrogen-bond donors (Lipinski definition) is 1. The van der Waals surface area contributed by atoms with E-state index in [4.69, 9.17) is 11.6 Å². The smallest absolute Gasteiger partial charge is 0.351 e. The molecule has 1 heterocycles. The molecule has 0 aliphatic heterocycles. The zero-order valence-electron chi connectivity index (χ0n) is 14.0. The van der Waals surface area contributed by atoms with Crippen molar-refractivity contribution in [2.45, 2.75) is 4.90 Å². The molecule has 0 spiro atoms. The van der Waals surface area contributed by atoms with Gasteiger partial charge in [-0.3, -0.25) is 0 Å². The first-order chi connectivity index (χ1) is 12.7. The van der Waals surface area contributed by atoms with Gasteiger partial charge in [-0.05, 0) is 29.6 Å². The zero-order valence-corrected chi connectivity index (χ0v) is 16.4. The number of halogens is 2. The number of ether oxygens (including phenoxy) is 2. The lowest BCUT2D eigenvalue weighted by atomic mass is 10.3. The van der Waals surface area contributed by atoms with E-state index in [1.807, 2.05) is 0 Å². The van der Waals surface area contributed by atoms with Gasteiger partial charge in [0.25, 0.3) is 0 Å². The average molecular weight is 434 g/mol. The second-order valence-corrected chi connectivity index (χ2v) is 8.12. The molecule has 0 bridgehead atoms. The molecule has 1 N–H and O–H groups in total. The van der Waals surface area contributed by atoms with Gasteiger partial charge >= 0.3 is 11.9 Å². The summed E-state index contributed by atoms with van der Waals surface area (Å²) in [4.78, 5) is 22.7. The molecule has 0 unspecified atom stereocenters. The summed E-state index contributed by atoms with van der Waals surface area (Å²) in [6, 6.07) is 4.22. The van der Waals surface area contributed by atoms with Crippen molar-refractivity contribution in [1.29, 1.82) is 0 Å². The standard InChI is InChI=1S/C16H13ClFNO6S2/c1-24-15(20)13(8-19-12-5-6-26-14(12)16(21)25-2)27(22,23)9-3-4-11(18)10(17)7-9/h3-8,19H,1-2H3. The monoisotopic (exact) mass is 433 g/mol. The Balaban J connectivity index is 2.47. The number of carbonyl (C=O) groups excluding carboxylic acids is 2. The van der Waals surface area contributed by atoms with E-state index in [-0.39, 0.29) is 10.6 Å². The van der Waals surface area contributed by atoms with Crippen LogP contribution in [0.25, 0.3) is 0 Å². The maximum Gasteiger partial charge on any atom is 0.351 e. The van der Waals surface area contributed by atoms with Crippen molar-refractivity contribution in [1.82, 2.24) is 0 Å². The molecule has 11 heteroatoms. The van der Waals surface area contributed by atoms with Gasteiger partial charge in [0.1, 0.15) is 10.7 Å². The van der Waals surface area contributed by atoms with Gasteiger partial charge in [-0.25, -0.2) is 22.4 Å². The third-order valence-electron chi connectivity index (χ3n) is 3.27. The molecule has 0 fully saturated rings. The summed E-state index contributed by atoms with van der Waals surface area (Å²) < 4.78 is 48.0. The fraction of sp³-hybridized carbons (Fsp3) is 0.125. The van der Waals surface area contributed by atoms with Gasteiger partial charge in [0.15, 0.2) is 4.91 Å². The van der Waals surface area contributed by atoms with Crippen molar-refractivity contribution < 1.29 is 31.9 Å². The second-order valence-electron chi connectivity index (χ2n) is 4.88. The second kappa shape index (κ2) is 8.51. The highest BCUT2D eigenvalue weighted by Gasteiger charge is 2.29. The fourth-order valence-corrected chi connectivity index (χ4v) is 4.24. The van der Waals surface area contributed by atoms with E-state index in [9.17, 15) is 22.4 Å². The van der Waals surface area contributed by atoms with Crippen LogP contribution >= 0.6 is 22.9 Å². The molecule has 7 nitrogen and oxygen atoms in total. The first kappa shape index (κ1) is 20.9. The van der Waals surface area contributed by atoms with Crippen LogP contribution in [0, 0.1) is 5.82 Å². The largest absolute Gasteiger partial charge is 0.465 e. The Morgan fingerprint density at radius 1 is 1.22 bits per heavy atom. The van der Waals surface area contributed by atoms with Crippen molar-refractivity contribution in [3.63, 3.8) is 0 Å². The number of rotatable bonds is 6. The van der Waals surface area contributed by atoms with Gasteiger partial charge in [-0.15, -0.1) is 11.3 Å². The number of nitrogens with one attached hydrogen (secondary N) is 1. The maximum atomic E-state index is 13.3. The quantitative estimate of drug-likeness (QED) is 0.424. The minimum atomic E-state index is -4.38. The molecule has 0 aliphatic carbocycles. The molecular weight excluding hydrogens is 421 g/mol. The van der Waals surface area contributed by atoms with Gasteiger partial charge in [-0.2, -0.15) is 0 Å². The number of esters is 2. The molecule has 144 valence electrons. The number of sulfone groups is 1. The first-order valence-corrected chi connectivity index (χ1v) is 9.87. The minimum Gasteiger partial charge on any atom is -0.465 e. The van der Waals surface area contributed by atoms with Crippen LogP contribution in [0.15, 0.2) is 45.6 Å². The third-order valence-corrected chi connectivity index (χ3v) is 6.19. The number of anilines is 1. The number of methoxy groups -OCH3 is 2. The van der Waals surface area contributed by atoms with Crippen molar-refractivity contribution >= 4 is 50.4 Å². The normalized spacial score (nSPS) is 11.8. The van der Waals surface area contributed by atoms with Gasteiger partial charge in [0.2, 0.25) is 9.84 Å². The molecule has 0 saturated heterocycles. The molecule has 1 aromatic heterocycles. The Morgan fingerprint density at radius 2 is 1.93 bits per heavy atom. The van der Waals surface area contributed by atoms with E-state index >= 15 is 0 Å². The summed E-state index contributed by atoms with van der Waals surface area (Å²) in [5, 5.41) is 3.75. The average Bonchev–Trinajstić information content (AvgIpc) is 3.11. The highest BCUT2D eigenvalue weighted by molar-refractivity contribution is 7.96. The van der Waals surface area contributed by atoms with Crippen LogP contribution in [0.1, 0.15) is 9.67 Å². The van der Waals surface area contributed by atoms with Crippen LogP contribution in [0.4, 0.5) is 10.1 Å². The van der Waals surface area contributed by atoms with E-state index in [1.165, 1.54) is 13.2 Å². The molecule has 0 saturated carbocycles. The number of benzene rings is 1. The van der Waals surface area contributed by atoms with Gasteiger partial charge in [0.05, 0.1) is 29.8 Å². The highest BCUT2D eigenvalue weighted by Crippen LogP contribution is 2.27. The Kier molecular flexibility index (Phi) is 6.58. The van der Waals surface area contributed by atoms with Crippen LogP contribution in [-0.2, 0) is 24.1 Å². The van der Waals surface area contributed by atoms with Crippen molar-refractivity contribution in [2.24, 2.45) is 0 Å². The fourth-order valence-electron chi connectivity index (χ4n) is 1.93. The molecule has 27 heavy (non-hydrogen) atoms. The Bertz CT molecular complexity index is 1020. The number of carbonyl (C=O) groups is 2. The molecule has 0 atom stereocenters. The summed E-state index contributed by atoms with van der Waals surface area (Å²) in [7, 11) is -2.18. The molecular formula is C16H13ClFNO6S2. The SMILES string of the molecule is COC(=O)C(=CNc1ccsc1C(=O)OC)S(=O)(=O)c1ccc(F)c(Cl)c1. The van der Waals surface area contributed by atoms with Gasteiger partial charge in [0, 0.05) is 6.20 Å². The van der Waals surface area contributed by atoms with Crippen LogP contribution in [0.3, 0.4) is 0 Å². The summed E-state index contributed by atoms with van der Waals surface area (Å²) in [5.74, 6) is -2.59. The summed E-state index contributed by atoms with van der Waals surface area (Å²) in [6.07, 6.45) is 0.882. The molecule has 0 aliphatic rings. The lowest BCUT2D eigenvalue weighted by Gasteiger charge is -2.09. The molecule has 0 amide bonds. The lowest BCUT2D eigenvalue weighted by molar-refractivity contribution is -0.135. The van der Waals surface area contributed by atoms with Gasteiger partial charge < -0.3 is 14.8 Å². The van der Waals surface area contributed by atoms with E-state index in [0.717, 1.165) is 42.8 Å². The summed E-state index contributed by atoms with van der Waals surface area (Å²) >= 11 is 6.69. The Morgan fingerprint density at radius 3 is 2.52 bits per heavy atom. The topological polar surface area (TPSA) is 98.8 Å². The van der Waals surface area contributed by atoms with E-state index < -0.39 is 42.4 Å². The van der Waals surface area contributed by atoms with Crippen LogP contribution < -0.4 is 5.32 Å². The van der Waals surface area contributed by atoms with Gasteiger partial charge in [-0.1, -0.05) is 11.6 Å². The van der Waals surface area contributed by atoms with Crippen LogP contribution in [-0.4, -0.2) is 34.6 Å². The van der Waals surface area contributed by atoms with Crippen LogP contribution in [0.2, 0.25) is 5.02 Å².